The Morgan fingerprint density at radius 1 is 1.39 bits per heavy atom. The Kier molecular flexibility index (Phi) is 8.66. The molecular weight excluding hydrogens is 306 g/mol. The third-order valence-electron chi connectivity index (χ3n) is 4.70. The van der Waals surface area contributed by atoms with Gasteiger partial charge in [-0.2, -0.15) is 12.6 Å². The second-order valence-corrected chi connectivity index (χ2v) is 5.96. The van der Waals surface area contributed by atoms with Crippen molar-refractivity contribution in [3.05, 3.63) is 29.3 Å². The SMILES string of the molecule is CC[C@H]1CCN(CCN)[C@@H]1C(=O)Nc1cccc(C)c1C.CS. The van der Waals surface area contributed by atoms with Crippen LogP contribution in [-0.4, -0.2) is 42.7 Å². The highest BCUT2D eigenvalue weighted by atomic mass is 32.1. The van der Waals surface area contributed by atoms with Crippen molar-refractivity contribution in [2.24, 2.45) is 11.7 Å². The quantitative estimate of drug-likeness (QED) is 0.724. The van der Waals surface area contributed by atoms with Crippen molar-refractivity contribution in [3.63, 3.8) is 0 Å². The summed E-state index contributed by atoms with van der Waals surface area (Å²) in [6.07, 6.45) is 3.81. The first kappa shape index (κ1) is 20.0. The topological polar surface area (TPSA) is 58.4 Å². The highest BCUT2D eigenvalue weighted by molar-refractivity contribution is 7.79. The van der Waals surface area contributed by atoms with Crippen LogP contribution in [0.3, 0.4) is 0 Å². The number of nitrogens with two attached hydrogens (primary N) is 1. The molecule has 3 N–H and O–H groups in total. The van der Waals surface area contributed by atoms with E-state index in [9.17, 15) is 4.79 Å². The summed E-state index contributed by atoms with van der Waals surface area (Å²) in [5.41, 5.74) is 8.95. The molecule has 0 aliphatic carbocycles. The summed E-state index contributed by atoms with van der Waals surface area (Å²) in [6.45, 7) is 8.64. The van der Waals surface area contributed by atoms with Gasteiger partial charge in [0.05, 0.1) is 6.04 Å². The summed E-state index contributed by atoms with van der Waals surface area (Å²) in [7, 11) is 0. The molecule has 2 atom stereocenters. The lowest BCUT2D eigenvalue weighted by Crippen LogP contribution is -2.44. The Bertz CT molecular complexity index is 507. The van der Waals surface area contributed by atoms with Crippen LogP contribution in [0.1, 0.15) is 30.9 Å². The zero-order chi connectivity index (χ0) is 17.4. The number of carbonyl (C=O) groups is 1. The lowest BCUT2D eigenvalue weighted by atomic mass is 9.96. The minimum absolute atomic E-state index is 0.0431. The summed E-state index contributed by atoms with van der Waals surface area (Å²) in [5, 5.41) is 3.12. The number of hydrogen-bond donors (Lipinski definition) is 3. The van der Waals surface area contributed by atoms with E-state index in [2.05, 4.69) is 49.7 Å². The Hall–Kier alpha value is -1.04. The summed E-state index contributed by atoms with van der Waals surface area (Å²) in [5.74, 6) is 0.545. The van der Waals surface area contributed by atoms with Gasteiger partial charge >= 0.3 is 0 Å². The van der Waals surface area contributed by atoms with Gasteiger partial charge < -0.3 is 11.1 Å². The van der Waals surface area contributed by atoms with Gasteiger partial charge in [-0.15, -0.1) is 0 Å². The number of hydrogen-bond acceptors (Lipinski definition) is 4. The van der Waals surface area contributed by atoms with E-state index >= 15 is 0 Å². The second-order valence-electron chi connectivity index (χ2n) is 5.96. The molecule has 1 fully saturated rings. The predicted molar refractivity (Wildman–Crippen MR) is 102 cm³/mol. The number of likely N-dealkylation sites (tertiary alicyclic amines) is 1. The van der Waals surface area contributed by atoms with Gasteiger partial charge in [0.1, 0.15) is 0 Å². The normalized spacial score (nSPS) is 20.8. The number of amides is 1. The van der Waals surface area contributed by atoms with Gasteiger partial charge in [-0.05, 0) is 56.2 Å². The van der Waals surface area contributed by atoms with E-state index in [1.165, 1.54) is 5.56 Å². The van der Waals surface area contributed by atoms with E-state index in [4.69, 9.17) is 5.73 Å². The minimum atomic E-state index is -0.0431. The summed E-state index contributed by atoms with van der Waals surface area (Å²) < 4.78 is 0. The Balaban J connectivity index is 0.00000127. The molecule has 23 heavy (non-hydrogen) atoms. The third kappa shape index (κ3) is 4.96. The van der Waals surface area contributed by atoms with Gasteiger partial charge in [0.25, 0.3) is 0 Å². The van der Waals surface area contributed by atoms with Crippen molar-refractivity contribution in [3.8, 4) is 0 Å². The van der Waals surface area contributed by atoms with Crippen LogP contribution in [-0.2, 0) is 4.79 Å². The average Bonchev–Trinajstić information content (AvgIpc) is 2.97. The molecule has 1 saturated heterocycles. The smallest absolute Gasteiger partial charge is 0.242 e. The first-order chi connectivity index (χ1) is 11.1. The number of rotatable bonds is 5. The van der Waals surface area contributed by atoms with Crippen LogP contribution in [0.15, 0.2) is 18.2 Å². The molecule has 0 spiro atoms. The number of aryl methyl sites for hydroxylation is 1. The van der Waals surface area contributed by atoms with Gasteiger partial charge in [0.15, 0.2) is 0 Å². The summed E-state index contributed by atoms with van der Waals surface area (Å²) >= 11 is 3.53. The van der Waals surface area contributed by atoms with Gasteiger partial charge in [-0.25, -0.2) is 0 Å². The van der Waals surface area contributed by atoms with E-state index in [-0.39, 0.29) is 11.9 Å². The van der Waals surface area contributed by atoms with Gasteiger partial charge in [-0.1, -0.05) is 25.5 Å². The van der Waals surface area contributed by atoms with Crippen molar-refractivity contribution in [2.75, 3.05) is 31.2 Å². The molecule has 0 bridgehead atoms. The second kappa shape index (κ2) is 9.96. The average molecular weight is 338 g/mol. The molecule has 1 aromatic carbocycles. The first-order valence-electron chi connectivity index (χ1n) is 8.34. The van der Waals surface area contributed by atoms with Crippen LogP contribution in [0.4, 0.5) is 5.69 Å². The highest BCUT2D eigenvalue weighted by Gasteiger charge is 2.37. The molecule has 5 heteroatoms. The number of carbonyl (C=O) groups excluding carboxylic acids is 1. The Morgan fingerprint density at radius 2 is 2.09 bits per heavy atom. The van der Waals surface area contributed by atoms with Crippen LogP contribution in [0.25, 0.3) is 0 Å². The van der Waals surface area contributed by atoms with Crippen LogP contribution >= 0.6 is 12.6 Å². The summed E-state index contributed by atoms with van der Waals surface area (Å²) in [4.78, 5) is 15.0. The number of anilines is 1. The van der Waals surface area contributed by atoms with E-state index in [0.29, 0.717) is 12.5 Å². The predicted octanol–water partition coefficient (Wildman–Crippen LogP) is 2.85. The van der Waals surface area contributed by atoms with Crippen molar-refractivity contribution in [1.29, 1.82) is 0 Å². The van der Waals surface area contributed by atoms with E-state index in [0.717, 1.165) is 37.2 Å². The van der Waals surface area contributed by atoms with E-state index in [1.807, 2.05) is 12.1 Å². The van der Waals surface area contributed by atoms with E-state index < -0.39 is 0 Å². The largest absolute Gasteiger partial charge is 0.329 e. The Labute approximate surface area is 146 Å². The Morgan fingerprint density at radius 3 is 2.70 bits per heavy atom. The first-order valence-corrected chi connectivity index (χ1v) is 9.23. The molecule has 0 unspecified atom stereocenters. The zero-order valence-electron chi connectivity index (χ0n) is 14.8. The molecule has 0 radical (unpaired) electrons. The molecule has 1 heterocycles. The van der Waals surface area contributed by atoms with E-state index in [1.54, 1.807) is 6.26 Å². The molecule has 0 aromatic heterocycles. The number of thiol groups is 1. The van der Waals surface area contributed by atoms with Crippen LogP contribution < -0.4 is 11.1 Å². The maximum Gasteiger partial charge on any atom is 0.242 e. The summed E-state index contributed by atoms with van der Waals surface area (Å²) in [6, 6.07) is 5.99. The molecule has 130 valence electrons. The van der Waals surface area contributed by atoms with Crippen LogP contribution in [0.5, 0.6) is 0 Å². The standard InChI is InChI=1S/C17H27N3O.CH4S/c1-4-14-8-10-20(11-9-18)16(14)17(21)19-15-7-5-6-12(2)13(15)3;1-2/h5-7,14,16H,4,8-11,18H2,1-3H3,(H,19,21);2H,1H3/t14-,16-;/m0./s1. The van der Waals surface area contributed by atoms with Crippen LogP contribution in [0.2, 0.25) is 0 Å². The zero-order valence-corrected chi connectivity index (χ0v) is 15.7. The highest BCUT2D eigenvalue weighted by Crippen LogP contribution is 2.28. The lowest BCUT2D eigenvalue weighted by Gasteiger charge is -2.26. The molecular formula is C18H31N3OS. The maximum absolute atomic E-state index is 12.7. The van der Waals surface area contributed by atoms with Crippen molar-refractivity contribution in [2.45, 2.75) is 39.7 Å². The molecule has 1 aliphatic rings. The maximum atomic E-state index is 12.7. The molecule has 1 aromatic rings. The fourth-order valence-electron chi connectivity index (χ4n) is 3.24. The molecule has 2 rings (SSSR count). The fraction of sp³-hybridized carbons (Fsp3) is 0.611. The van der Waals surface area contributed by atoms with Crippen molar-refractivity contribution in [1.82, 2.24) is 4.90 Å². The molecule has 1 aliphatic heterocycles. The molecule has 4 nitrogen and oxygen atoms in total. The van der Waals surface area contributed by atoms with Gasteiger partial charge in [0, 0.05) is 18.8 Å². The minimum Gasteiger partial charge on any atom is -0.329 e. The fourth-order valence-corrected chi connectivity index (χ4v) is 3.24. The van der Waals surface area contributed by atoms with Crippen molar-refractivity contribution >= 4 is 24.2 Å². The molecule has 0 saturated carbocycles. The van der Waals surface area contributed by atoms with Crippen LogP contribution in [0, 0.1) is 19.8 Å². The number of nitrogens with zero attached hydrogens (tertiary/aromatic N) is 1. The monoisotopic (exact) mass is 337 g/mol. The number of benzene rings is 1. The molecule has 1 amide bonds. The van der Waals surface area contributed by atoms with Gasteiger partial charge in [-0.3, -0.25) is 9.69 Å². The van der Waals surface area contributed by atoms with Crippen molar-refractivity contribution < 1.29 is 4.79 Å². The third-order valence-corrected chi connectivity index (χ3v) is 4.70. The number of nitrogens with one attached hydrogen (secondary N) is 1. The van der Waals surface area contributed by atoms with Gasteiger partial charge in [0.2, 0.25) is 5.91 Å². The lowest BCUT2D eigenvalue weighted by molar-refractivity contribution is -0.121.